The summed E-state index contributed by atoms with van der Waals surface area (Å²) in [5, 5.41) is 4.50. The maximum Gasteiger partial charge on any atom is 0.140 e. The molecule has 5 heteroatoms. The molecule has 0 bridgehead atoms. The topological polar surface area (TPSA) is 66.5 Å². The predicted octanol–water partition coefficient (Wildman–Crippen LogP) is 4.25. The summed E-state index contributed by atoms with van der Waals surface area (Å²) in [6.07, 6.45) is 5.52. The lowest BCUT2D eigenvalue weighted by Gasteiger charge is -2.11. The first kappa shape index (κ1) is 15.3. The number of aromatic amines is 1. The Morgan fingerprint density at radius 2 is 1.80 bits per heavy atom. The number of aromatic nitrogens is 4. The number of nitrogens with one attached hydrogen (secondary N) is 2. The average molecular weight is 329 g/mol. The number of fused-ring (bicyclic) bond motifs is 1. The molecule has 0 spiro atoms. The van der Waals surface area contributed by atoms with Gasteiger partial charge in [0.1, 0.15) is 11.5 Å². The maximum absolute atomic E-state index is 4.68. The van der Waals surface area contributed by atoms with Gasteiger partial charge in [0.05, 0.1) is 0 Å². The highest BCUT2D eigenvalue weighted by Gasteiger charge is 2.11. The van der Waals surface area contributed by atoms with Gasteiger partial charge in [-0.2, -0.15) is 0 Å². The molecule has 4 heterocycles. The third kappa shape index (κ3) is 3.08. The zero-order valence-corrected chi connectivity index (χ0v) is 14.2. The van der Waals surface area contributed by atoms with E-state index in [0.29, 0.717) is 6.54 Å². The van der Waals surface area contributed by atoms with Gasteiger partial charge in [-0.05, 0) is 55.3 Å². The number of hydrogen-bond acceptors (Lipinski definition) is 4. The second-order valence-electron chi connectivity index (χ2n) is 6.09. The van der Waals surface area contributed by atoms with Crippen LogP contribution in [0.1, 0.15) is 17.0 Å². The van der Waals surface area contributed by atoms with Gasteiger partial charge in [-0.3, -0.25) is 9.97 Å². The van der Waals surface area contributed by atoms with Crippen LogP contribution in [0.5, 0.6) is 0 Å². The molecule has 4 rings (SSSR count). The summed E-state index contributed by atoms with van der Waals surface area (Å²) >= 11 is 0. The second kappa shape index (κ2) is 6.36. The average Bonchev–Trinajstić information content (AvgIpc) is 3.09. The van der Waals surface area contributed by atoms with Crippen LogP contribution in [0.4, 0.5) is 5.82 Å². The van der Waals surface area contributed by atoms with Crippen LogP contribution >= 0.6 is 0 Å². The molecule has 0 radical (unpaired) electrons. The molecule has 124 valence electrons. The molecule has 0 aliphatic rings. The second-order valence-corrected chi connectivity index (χ2v) is 6.09. The summed E-state index contributed by atoms with van der Waals surface area (Å²) in [5.41, 5.74) is 6.34. The molecule has 0 unspecified atom stereocenters. The van der Waals surface area contributed by atoms with E-state index in [0.717, 1.165) is 44.9 Å². The lowest BCUT2D eigenvalue weighted by Crippen LogP contribution is -2.02. The van der Waals surface area contributed by atoms with Gasteiger partial charge in [-0.15, -0.1) is 0 Å². The number of rotatable bonds is 4. The molecule has 4 aromatic heterocycles. The summed E-state index contributed by atoms with van der Waals surface area (Å²) in [5.74, 6) is 0.835. The van der Waals surface area contributed by atoms with Gasteiger partial charge in [0.15, 0.2) is 0 Å². The molecule has 5 nitrogen and oxygen atoms in total. The Labute approximate surface area is 146 Å². The van der Waals surface area contributed by atoms with Crippen molar-refractivity contribution in [2.75, 3.05) is 5.32 Å². The number of pyridine rings is 3. The molecule has 0 aliphatic heterocycles. The fraction of sp³-hybridized carbons (Fsp3) is 0.150. The number of anilines is 1. The highest BCUT2D eigenvalue weighted by Crippen LogP contribution is 2.31. The van der Waals surface area contributed by atoms with Gasteiger partial charge in [-0.25, -0.2) is 4.98 Å². The van der Waals surface area contributed by atoms with Crippen LogP contribution in [0.2, 0.25) is 0 Å². The van der Waals surface area contributed by atoms with Crippen molar-refractivity contribution in [3.8, 4) is 11.1 Å². The fourth-order valence-electron chi connectivity index (χ4n) is 3.02. The Morgan fingerprint density at radius 1 is 0.960 bits per heavy atom. The third-order valence-electron chi connectivity index (χ3n) is 4.27. The van der Waals surface area contributed by atoms with E-state index in [9.17, 15) is 0 Å². The number of aryl methyl sites for hydroxylation is 2. The normalized spacial score (nSPS) is 11.0. The van der Waals surface area contributed by atoms with E-state index >= 15 is 0 Å². The van der Waals surface area contributed by atoms with Crippen LogP contribution in [0, 0.1) is 13.8 Å². The predicted molar refractivity (Wildman–Crippen MR) is 100 cm³/mol. The largest absolute Gasteiger partial charge is 0.366 e. The van der Waals surface area contributed by atoms with Crippen molar-refractivity contribution in [3.05, 3.63) is 71.9 Å². The molecule has 0 aliphatic carbocycles. The third-order valence-corrected chi connectivity index (χ3v) is 4.27. The van der Waals surface area contributed by atoms with Crippen molar-refractivity contribution in [1.29, 1.82) is 0 Å². The first-order valence-corrected chi connectivity index (χ1v) is 8.26. The Bertz CT molecular complexity index is 1020. The van der Waals surface area contributed by atoms with Crippen molar-refractivity contribution in [2.24, 2.45) is 0 Å². The number of H-pyrrole nitrogens is 1. The van der Waals surface area contributed by atoms with Crippen LogP contribution < -0.4 is 5.32 Å². The Morgan fingerprint density at radius 3 is 2.60 bits per heavy atom. The van der Waals surface area contributed by atoms with Crippen molar-refractivity contribution < 1.29 is 0 Å². The number of hydrogen-bond donors (Lipinski definition) is 2. The SMILES string of the molecule is Cc1ccc(-c2cc(NCc3ccncc3)nc3[nH]ccc23)c(C)n1. The monoisotopic (exact) mass is 329 g/mol. The molecule has 0 fully saturated rings. The van der Waals surface area contributed by atoms with Gasteiger partial charge in [0.25, 0.3) is 0 Å². The van der Waals surface area contributed by atoms with Crippen LogP contribution in [-0.4, -0.2) is 19.9 Å². The minimum Gasteiger partial charge on any atom is -0.366 e. The highest BCUT2D eigenvalue weighted by atomic mass is 15.0. The zero-order chi connectivity index (χ0) is 17.2. The molecule has 0 saturated heterocycles. The van der Waals surface area contributed by atoms with Gasteiger partial charge in [0, 0.05) is 47.5 Å². The van der Waals surface area contributed by atoms with E-state index in [1.807, 2.05) is 38.2 Å². The molecule has 0 saturated carbocycles. The first-order valence-electron chi connectivity index (χ1n) is 8.26. The van der Waals surface area contributed by atoms with E-state index in [-0.39, 0.29) is 0 Å². The summed E-state index contributed by atoms with van der Waals surface area (Å²) in [6, 6.07) is 12.3. The molecule has 25 heavy (non-hydrogen) atoms. The zero-order valence-electron chi connectivity index (χ0n) is 14.2. The lowest BCUT2D eigenvalue weighted by atomic mass is 10.0. The van der Waals surface area contributed by atoms with E-state index in [2.05, 4.69) is 43.5 Å². The Balaban J connectivity index is 1.74. The summed E-state index contributed by atoms with van der Waals surface area (Å²) in [4.78, 5) is 16.6. The Kier molecular flexibility index (Phi) is 3.90. The molecule has 2 N–H and O–H groups in total. The van der Waals surface area contributed by atoms with Crippen molar-refractivity contribution >= 4 is 16.9 Å². The lowest BCUT2D eigenvalue weighted by molar-refractivity contribution is 1.10. The van der Waals surface area contributed by atoms with Gasteiger partial charge < -0.3 is 10.3 Å². The smallest absolute Gasteiger partial charge is 0.140 e. The summed E-state index contributed by atoms with van der Waals surface area (Å²) in [6.45, 7) is 4.76. The van der Waals surface area contributed by atoms with Crippen LogP contribution in [0.15, 0.2) is 55.0 Å². The molecular formula is C20H19N5. The summed E-state index contributed by atoms with van der Waals surface area (Å²) in [7, 11) is 0. The van der Waals surface area contributed by atoms with E-state index in [1.165, 1.54) is 0 Å². The molecule has 0 amide bonds. The molecular weight excluding hydrogens is 310 g/mol. The van der Waals surface area contributed by atoms with Crippen LogP contribution in [0.3, 0.4) is 0 Å². The summed E-state index contributed by atoms with van der Waals surface area (Å²) < 4.78 is 0. The van der Waals surface area contributed by atoms with Crippen molar-refractivity contribution in [3.63, 3.8) is 0 Å². The van der Waals surface area contributed by atoms with E-state index in [1.54, 1.807) is 12.4 Å². The molecule has 4 aromatic rings. The van der Waals surface area contributed by atoms with E-state index < -0.39 is 0 Å². The van der Waals surface area contributed by atoms with Crippen molar-refractivity contribution in [1.82, 2.24) is 19.9 Å². The minimum absolute atomic E-state index is 0.701. The first-order chi connectivity index (χ1) is 12.2. The van der Waals surface area contributed by atoms with Gasteiger partial charge >= 0.3 is 0 Å². The van der Waals surface area contributed by atoms with E-state index in [4.69, 9.17) is 0 Å². The minimum atomic E-state index is 0.701. The van der Waals surface area contributed by atoms with Crippen LogP contribution in [0.25, 0.3) is 22.2 Å². The maximum atomic E-state index is 4.68. The van der Waals surface area contributed by atoms with Crippen LogP contribution in [-0.2, 0) is 6.54 Å². The van der Waals surface area contributed by atoms with Gasteiger partial charge in [-0.1, -0.05) is 6.07 Å². The van der Waals surface area contributed by atoms with Crippen molar-refractivity contribution in [2.45, 2.75) is 20.4 Å². The number of nitrogens with zero attached hydrogens (tertiary/aromatic N) is 3. The molecule has 0 atom stereocenters. The standard InChI is InChI=1S/C20H19N5/c1-13-3-4-16(14(2)24-13)18-11-19(25-20-17(18)7-10-22-20)23-12-15-5-8-21-9-6-15/h3-11H,12H2,1-2H3,(H2,22,23,25). The molecule has 0 aromatic carbocycles. The Hall–Kier alpha value is -3.21. The quantitative estimate of drug-likeness (QED) is 0.587. The highest BCUT2D eigenvalue weighted by molar-refractivity contribution is 5.95. The van der Waals surface area contributed by atoms with Gasteiger partial charge in [0.2, 0.25) is 0 Å². The fourth-order valence-corrected chi connectivity index (χ4v) is 3.02.